The highest BCUT2D eigenvalue weighted by Gasteiger charge is 2.07. The maximum atomic E-state index is 11.5. The van der Waals surface area contributed by atoms with Gasteiger partial charge >= 0.3 is 18.0 Å². The van der Waals surface area contributed by atoms with Crippen molar-refractivity contribution >= 4 is 29.7 Å². The second-order valence-corrected chi connectivity index (χ2v) is 5.77. The van der Waals surface area contributed by atoms with E-state index in [2.05, 4.69) is 15.4 Å². The Bertz CT molecular complexity index is 560. The standard InChI is InChI=1S/C18H28N2O8/c1-2-3-4-7-17(25)27-12-11-20-18(26)28-13-14(21)8-9-15(22)19-10-5-6-16(23)24/h8-9H,2-7,10-13H2,1H3,(H,19,22)(H,20,26)(H,23,24)/b9-8+. The average Bonchev–Trinajstić information content (AvgIpc) is 2.65. The lowest BCUT2D eigenvalue weighted by atomic mass is 10.2. The maximum Gasteiger partial charge on any atom is 0.407 e. The number of aliphatic carboxylic acids is 1. The van der Waals surface area contributed by atoms with E-state index in [1.807, 2.05) is 6.92 Å². The summed E-state index contributed by atoms with van der Waals surface area (Å²) >= 11 is 0. The third kappa shape index (κ3) is 16.6. The molecule has 0 aliphatic carbocycles. The fraction of sp³-hybridized carbons (Fsp3) is 0.611. The smallest absolute Gasteiger partial charge is 0.407 e. The van der Waals surface area contributed by atoms with Gasteiger partial charge < -0.3 is 25.2 Å². The molecule has 0 rings (SSSR count). The van der Waals surface area contributed by atoms with Gasteiger partial charge in [0.2, 0.25) is 5.91 Å². The number of rotatable bonds is 15. The molecule has 10 nitrogen and oxygen atoms in total. The SMILES string of the molecule is CCCCCC(=O)OCCNC(=O)OCC(=O)/C=C/C(=O)NCCCC(=O)O. The highest BCUT2D eigenvalue weighted by molar-refractivity contribution is 5.98. The number of carboxylic acid groups (broad SMARTS) is 1. The largest absolute Gasteiger partial charge is 0.481 e. The number of hydrogen-bond donors (Lipinski definition) is 3. The van der Waals surface area contributed by atoms with Crippen LogP contribution in [0.1, 0.15) is 45.4 Å². The van der Waals surface area contributed by atoms with Crippen LogP contribution in [0.25, 0.3) is 0 Å². The lowest BCUT2D eigenvalue weighted by molar-refractivity contribution is -0.143. The molecule has 0 aromatic heterocycles. The van der Waals surface area contributed by atoms with Gasteiger partial charge in [-0.3, -0.25) is 19.2 Å². The predicted octanol–water partition coefficient (Wildman–Crippen LogP) is 0.942. The Kier molecular flexibility index (Phi) is 14.6. The van der Waals surface area contributed by atoms with Crippen molar-refractivity contribution in [1.29, 1.82) is 0 Å². The number of alkyl carbamates (subject to hydrolysis) is 1. The second kappa shape index (κ2) is 16.3. The number of carbonyl (C=O) groups excluding carboxylic acids is 4. The Morgan fingerprint density at radius 2 is 1.64 bits per heavy atom. The van der Waals surface area contributed by atoms with Crippen molar-refractivity contribution in [3.63, 3.8) is 0 Å². The fourth-order valence-electron chi connectivity index (χ4n) is 1.82. The monoisotopic (exact) mass is 400 g/mol. The number of esters is 1. The molecule has 0 aliphatic rings. The van der Waals surface area contributed by atoms with Crippen LogP contribution in [-0.4, -0.2) is 61.1 Å². The minimum absolute atomic E-state index is 0.00988. The molecule has 0 aliphatic heterocycles. The van der Waals surface area contributed by atoms with Gasteiger partial charge in [0.05, 0.1) is 6.54 Å². The molecule has 158 valence electrons. The number of ketones is 1. The summed E-state index contributed by atoms with van der Waals surface area (Å²) < 4.78 is 9.58. The van der Waals surface area contributed by atoms with Gasteiger partial charge in [0, 0.05) is 25.5 Å². The van der Waals surface area contributed by atoms with Gasteiger partial charge in [-0.05, 0) is 18.9 Å². The number of hydrogen-bond acceptors (Lipinski definition) is 7. The lowest BCUT2D eigenvalue weighted by Gasteiger charge is -2.07. The number of nitrogens with one attached hydrogen (secondary N) is 2. The molecule has 0 aromatic rings. The van der Waals surface area contributed by atoms with Crippen molar-refractivity contribution in [2.75, 3.05) is 26.3 Å². The molecule has 0 unspecified atom stereocenters. The summed E-state index contributed by atoms with van der Waals surface area (Å²) in [6.07, 6.45) is 4.36. The van der Waals surface area contributed by atoms with E-state index in [-0.39, 0.29) is 38.5 Å². The van der Waals surface area contributed by atoms with Gasteiger partial charge in [-0.2, -0.15) is 0 Å². The molecule has 10 heteroatoms. The molecule has 3 N–H and O–H groups in total. The van der Waals surface area contributed by atoms with Crippen LogP contribution >= 0.6 is 0 Å². The highest BCUT2D eigenvalue weighted by atomic mass is 16.6. The molecule has 2 amide bonds. The zero-order valence-electron chi connectivity index (χ0n) is 16.0. The first kappa shape index (κ1) is 25.1. The van der Waals surface area contributed by atoms with E-state index in [1.165, 1.54) is 0 Å². The van der Waals surface area contributed by atoms with Crippen LogP contribution in [0.15, 0.2) is 12.2 Å². The Hall–Kier alpha value is -2.91. The fourth-order valence-corrected chi connectivity index (χ4v) is 1.82. The van der Waals surface area contributed by atoms with Crippen LogP contribution in [0.3, 0.4) is 0 Å². The van der Waals surface area contributed by atoms with E-state index in [0.29, 0.717) is 6.42 Å². The van der Waals surface area contributed by atoms with Crippen LogP contribution in [0.4, 0.5) is 4.79 Å². The summed E-state index contributed by atoms with van der Waals surface area (Å²) in [5, 5.41) is 13.2. The van der Waals surface area contributed by atoms with Crippen molar-refractivity contribution in [2.24, 2.45) is 0 Å². The summed E-state index contributed by atoms with van der Waals surface area (Å²) in [6.45, 7) is 1.72. The number of amides is 2. The predicted molar refractivity (Wildman–Crippen MR) is 98.5 cm³/mol. The van der Waals surface area contributed by atoms with E-state index < -0.39 is 30.4 Å². The molecule has 28 heavy (non-hydrogen) atoms. The molecule has 0 saturated carbocycles. The summed E-state index contributed by atoms with van der Waals surface area (Å²) in [5.74, 6) is -2.44. The van der Waals surface area contributed by atoms with E-state index in [0.717, 1.165) is 31.4 Å². The van der Waals surface area contributed by atoms with Crippen molar-refractivity contribution in [2.45, 2.75) is 45.4 Å². The number of ether oxygens (including phenoxy) is 2. The van der Waals surface area contributed by atoms with Gasteiger partial charge in [-0.15, -0.1) is 0 Å². The van der Waals surface area contributed by atoms with Gasteiger partial charge in [0.25, 0.3) is 0 Å². The van der Waals surface area contributed by atoms with E-state index in [1.54, 1.807) is 0 Å². The van der Waals surface area contributed by atoms with Gasteiger partial charge in [-0.1, -0.05) is 19.8 Å². The number of unbranched alkanes of at least 4 members (excludes halogenated alkanes) is 2. The van der Waals surface area contributed by atoms with E-state index in [9.17, 15) is 24.0 Å². The average molecular weight is 400 g/mol. The summed E-state index contributed by atoms with van der Waals surface area (Å²) in [5.41, 5.74) is 0. The molecule has 0 fully saturated rings. The van der Waals surface area contributed by atoms with Crippen molar-refractivity contribution in [3.8, 4) is 0 Å². The molecule has 0 bridgehead atoms. The summed E-state index contributed by atoms with van der Waals surface area (Å²) in [6, 6.07) is 0. The molecule has 0 atom stereocenters. The highest BCUT2D eigenvalue weighted by Crippen LogP contribution is 2.00. The third-order valence-electron chi connectivity index (χ3n) is 3.25. The Labute approximate surface area is 163 Å². The lowest BCUT2D eigenvalue weighted by Crippen LogP contribution is -2.30. The van der Waals surface area contributed by atoms with Crippen molar-refractivity contribution < 1.29 is 38.6 Å². The van der Waals surface area contributed by atoms with Crippen LogP contribution in [0.5, 0.6) is 0 Å². The zero-order valence-corrected chi connectivity index (χ0v) is 16.0. The molecular weight excluding hydrogens is 372 g/mol. The van der Waals surface area contributed by atoms with Crippen LogP contribution < -0.4 is 10.6 Å². The number of carboxylic acids is 1. The van der Waals surface area contributed by atoms with Crippen molar-refractivity contribution in [1.82, 2.24) is 10.6 Å². The minimum atomic E-state index is -0.958. The molecule has 0 saturated heterocycles. The first-order chi connectivity index (χ1) is 13.3. The first-order valence-electron chi connectivity index (χ1n) is 9.12. The molecule has 0 aromatic carbocycles. The molecule has 0 heterocycles. The van der Waals surface area contributed by atoms with Gasteiger partial charge in [-0.25, -0.2) is 4.79 Å². The second-order valence-electron chi connectivity index (χ2n) is 5.77. The van der Waals surface area contributed by atoms with Crippen LogP contribution in [0, 0.1) is 0 Å². The van der Waals surface area contributed by atoms with Gasteiger partial charge in [0.15, 0.2) is 12.4 Å². The Morgan fingerprint density at radius 3 is 2.32 bits per heavy atom. The first-order valence-corrected chi connectivity index (χ1v) is 9.12. The minimum Gasteiger partial charge on any atom is -0.481 e. The Balaban J connectivity index is 3.76. The van der Waals surface area contributed by atoms with Gasteiger partial charge in [0.1, 0.15) is 6.61 Å². The van der Waals surface area contributed by atoms with Crippen LogP contribution in [0.2, 0.25) is 0 Å². The quantitative estimate of drug-likeness (QED) is 0.209. The summed E-state index contributed by atoms with van der Waals surface area (Å²) in [4.78, 5) is 55.9. The molecule has 0 spiro atoms. The Morgan fingerprint density at radius 1 is 0.893 bits per heavy atom. The summed E-state index contributed by atoms with van der Waals surface area (Å²) in [7, 11) is 0. The zero-order chi connectivity index (χ0) is 21.2. The molecular formula is C18H28N2O8. The van der Waals surface area contributed by atoms with E-state index >= 15 is 0 Å². The number of carbonyl (C=O) groups is 5. The third-order valence-corrected chi connectivity index (χ3v) is 3.25. The maximum absolute atomic E-state index is 11.5. The van der Waals surface area contributed by atoms with E-state index in [4.69, 9.17) is 9.84 Å². The topological polar surface area (TPSA) is 148 Å². The van der Waals surface area contributed by atoms with Crippen molar-refractivity contribution in [3.05, 3.63) is 12.2 Å². The molecule has 0 radical (unpaired) electrons. The normalized spacial score (nSPS) is 10.3. The van der Waals surface area contributed by atoms with Crippen LogP contribution in [-0.2, 0) is 28.7 Å².